The number of nitrogens with one attached hydrogen (secondary N) is 1. The van der Waals surface area contributed by atoms with Crippen molar-refractivity contribution < 1.29 is 22.3 Å². The first-order chi connectivity index (χ1) is 19.0. The number of hydrogen-bond acceptors (Lipinski definition) is 8. The highest BCUT2D eigenvalue weighted by Gasteiger charge is 2.66. The van der Waals surface area contributed by atoms with Gasteiger partial charge in [-0.15, -0.1) is 0 Å². The van der Waals surface area contributed by atoms with Crippen molar-refractivity contribution in [2.75, 3.05) is 30.3 Å². The molecule has 2 saturated carbocycles. The number of halogens is 1. The molecule has 9 nitrogen and oxygen atoms in total. The third kappa shape index (κ3) is 4.87. The lowest BCUT2D eigenvalue weighted by molar-refractivity contribution is 0.0981. The van der Waals surface area contributed by atoms with Crippen LogP contribution in [0.2, 0.25) is 0 Å². The summed E-state index contributed by atoms with van der Waals surface area (Å²) in [5, 5.41) is -0.351. The van der Waals surface area contributed by atoms with Gasteiger partial charge in [-0.25, -0.2) is 19.1 Å². The fraction of sp³-hybridized carbons (Fsp3) is 0.414. The summed E-state index contributed by atoms with van der Waals surface area (Å²) in [6.07, 6.45) is 3.54. The van der Waals surface area contributed by atoms with E-state index in [-0.39, 0.29) is 27.7 Å². The van der Waals surface area contributed by atoms with Crippen LogP contribution in [-0.2, 0) is 10.0 Å². The molecular formula is C29H32FN5O4S. The Hall–Kier alpha value is -3.73. The quantitative estimate of drug-likeness (QED) is 0.415. The number of sulfonamides is 1. The highest BCUT2D eigenvalue weighted by atomic mass is 32.2. The summed E-state index contributed by atoms with van der Waals surface area (Å²) in [5.41, 5.74) is 6.99. The maximum atomic E-state index is 14.6. The Balaban J connectivity index is 1.36. The fourth-order valence-electron chi connectivity index (χ4n) is 6.32. The minimum atomic E-state index is -4.28. The summed E-state index contributed by atoms with van der Waals surface area (Å²) in [4.78, 5) is 24.2. The minimum Gasteiger partial charge on any atom is -0.493 e. The first kappa shape index (κ1) is 26.5. The molecule has 210 valence electrons. The van der Waals surface area contributed by atoms with Crippen molar-refractivity contribution >= 4 is 27.6 Å². The maximum absolute atomic E-state index is 14.6. The van der Waals surface area contributed by atoms with Crippen molar-refractivity contribution in [2.45, 2.75) is 38.1 Å². The van der Waals surface area contributed by atoms with E-state index in [4.69, 9.17) is 15.5 Å². The zero-order chi connectivity index (χ0) is 28.2. The molecule has 3 aromatic rings. The molecule has 0 bridgehead atoms. The zero-order valence-corrected chi connectivity index (χ0v) is 23.2. The Morgan fingerprint density at radius 3 is 2.70 bits per heavy atom. The molecule has 6 rings (SSSR count). The first-order valence-electron chi connectivity index (χ1n) is 13.5. The summed E-state index contributed by atoms with van der Waals surface area (Å²) < 4.78 is 48.3. The van der Waals surface area contributed by atoms with Gasteiger partial charge in [0, 0.05) is 24.7 Å². The van der Waals surface area contributed by atoms with Gasteiger partial charge in [0.1, 0.15) is 23.2 Å². The molecule has 3 heterocycles. The molecular weight excluding hydrogens is 533 g/mol. The van der Waals surface area contributed by atoms with Crippen LogP contribution in [0.25, 0.3) is 11.3 Å². The number of anilines is 2. The van der Waals surface area contributed by atoms with Crippen LogP contribution in [-0.4, -0.2) is 44.0 Å². The minimum absolute atomic E-state index is 0.0238. The van der Waals surface area contributed by atoms with Crippen molar-refractivity contribution in [3.63, 3.8) is 0 Å². The molecule has 0 radical (unpaired) electrons. The van der Waals surface area contributed by atoms with Crippen LogP contribution in [0.4, 0.5) is 16.0 Å². The number of pyridine rings is 2. The number of benzene rings is 1. The summed E-state index contributed by atoms with van der Waals surface area (Å²) in [6.45, 7) is 5.96. The van der Waals surface area contributed by atoms with Gasteiger partial charge in [0.05, 0.1) is 17.9 Å². The number of nitrogens with two attached hydrogens (primary N) is 1. The van der Waals surface area contributed by atoms with Gasteiger partial charge in [0.2, 0.25) is 0 Å². The molecule has 2 unspecified atom stereocenters. The van der Waals surface area contributed by atoms with Crippen molar-refractivity contribution in [3.8, 4) is 17.0 Å². The van der Waals surface area contributed by atoms with Crippen LogP contribution in [0.15, 0.2) is 53.6 Å². The molecule has 3 N–H and O–H groups in total. The van der Waals surface area contributed by atoms with E-state index in [2.05, 4.69) is 14.6 Å². The first-order valence-corrected chi connectivity index (χ1v) is 15.0. The maximum Gasteiger partial charge on any atom is 0.281 e. The number of hydrogen-bond donors (Lipinski definition) is 2. The number of amides is 1. The number of carbonyl (C=O) groups excluding carboxylic acids is 1. The number of carbonyl (C=O) groups is 1. The van der Waals surface area contributed by atoms with Crippen LogP contribution in [0, 0.1) is 29.0 Å². The second kappa shape index (κ2) is 9.72. The van der Waals surface area contributed by atoms with E-state index in [1.165, 1.54) is 43.2 Å². The second-order valence-electron chi connectivity index (χ2n) is 11.6. The molecule has 1 saturated heterocycles. The molecule has 3 aliphatic rings. The Bertz CT molecular complexity index is 1600. The molecule has 3 atom stereocenters. The smallest absolute Gasteiger partial charge is 0.281 e. The fourth-order valence-corrected chi connectivity index (χ4v) is 7.26. The van der Waals surface area contributed by atoms with Crippen LogP contribution in [0.3, 0.4) is 0 Å². The highest BCUT2D eigenvalue weighted by molar-refractivity contribution is 7.90. The molecule has 1 amide bonds. The Morgan fingerprint density at radius 1 is 1.18 bits per heavy atom. The van der Waals surface area contributed by atoms with Gasteiger partial charge in [-0.3, -0.25) is 4.79 Å². The summed E-state index contributed by atoms with van der Waals surface area (Å²) in [7, 11) is -4.28. The van der Waals surface area contributed by atoms with Crippen LogP contribution in [0.1, 0.15) is 43.5 Å². The predicted octanol–water partition coefficient (Wildman–Crippen LogP) is 4.25. The largest absolute Gasteiger partial charge is 0.493 e. The van der Waals surface area contributed by atoms with E-state index in [0.717, 1.165) is 19.5 Å². The lowest BCUT2D eigenvalue weighted by Gasteiger charge is -2.22. The number of rotatable bonds is 8. The van der Waals surface area contributed by atoms with Gasteiger partial charge < -0.3 is 15.4 Å². The Labute approximate surface area is 233 Å². The number of ether oxygens (including phenoxy) is 1. The molecule has 1 aromatic carbocycles. The number of nitrogens with zero attached hydrogens (tertiary/aromatic N) is 3. The summed E-state index contributed by atoms with van der Waals surface area (Å²) in [6, 6.07) is 11.8. The van der Waals surface area contributed by atoms with E-state index >= 15 is 0 Å². The number of nitrogen functional groups attached to an aromatic ring is 1. The van der Waals surface area contributed by atoms with E-state index in [0.29, 0.717) is 41.3 Å². The molecule has 11 heteroatoms. The molecule has 1 aliphatic heterocycles. The lowest BCUT2D eigenvalue weighted by Crippen LogP contribution is -2.33. The average Bonchev–Trinajstić information content (AvgIpc) is 3.29. The lowest BCUT2D eigenvalue weighted by atomic mass is 9.95. The summed E-state index contributed by atoms with van der Waals surface area (Å²) in [5.74, 6) is 1.01. The van der Waals surface area contributed by atoms with E-state index in [1.54, 1.807) is 18.2 Å². The molecule has 1 spiro atoms. The van der Waals surface area contributed by atoms with Gasteiger partial charge in [-0.2, -0.15) is 8.42 Å². The SMILES string of the molecule is CC(C)COc1cc(F)cc(-c2ccc(C(=O)NS(=O)(=O)c3cccc(N)n3)c(N3CC4CC[C@H]5CC45C3)n2)c1. The van der Waals surface area contributed by atoms with E-state index in [9.17, 15) is 17.6 Å². The number of aromatic nitrogens is 2. The summed E-state index contributed by atoms with van der Waals surface area (Å²) >= 11 is 0. The van der Waals surface area contributed by atoms with Crippen molar-refractivity contribution in [3.05, 3.63) is 59.9 Å². The second-order valence-corrected chi connectivity index (χ2v) is 13.2. The van der Waals surface area contributed by atoms with Crippen molar-refractivity contribution in [2.24, 2.45) is 23.2 Å². The van der Waals surface area contributed by atoms with Crippen LogP contribution >= 0.6 is 0 Å². The third-order valence-electron chi connectivity index (χ3n) is 8.30. The van der Waals surface area contributed by atoms with Crippen molar-refractivity contribution in [1.82, 2.24) is 14.7 Å². The molecule has 2 aliphatic carbocycles. The molecule has 40 heavy (non-hydrogen) atoms. The highest BCUT2D eigenvalue weighted by Crippen LogP contribution is 2.69. The monoisotopic (exact) mass is 565 g/mol. The van der Waals surface area contributed by atoms with Gasteiger partial charge in [-0.1, -0.05) is 19.9 Å². The third-order valence-corrected chi connectivity index (χ3v) is 9.53. The average molecular weight is 566 g/mol. The van der Waals surface area contributed by atoms with Crippen LogP contribution in [0.5, 0.6) is 5.75 Å². The molecule has 2 aromatic heterocycles. The van der Waals surface area contributed by atoms with E-state index < -0.39 is 21.7 Å². The molecule has 3 fully saturated rings. The van der Waals surface area contributed by atoms with Gasteiger partial charge >= 0.3 is 0 Å². The van der Waals surface area contributed by atoms with E-state index in [1.807, 2.05) is 13.8 Å². The van der Waals surface area contributed by atoms with Gasteiger partial charge in [-0.05, 0) is 78.8 Å². The Kier molecular flexibility index (Phi) is 6.44. The predicted molar refractivity (Wildman–Crippen MR) is 149 cm³/mol. The zero-order valence-electron chi connectivity index (χ0n) is 22.4. The van der Waals surface area contributed by atoms with Gasteiger partial charge in [0.15, 0.2) is 5.03 Å². The topological polar surface area (TPSA) is 128 Å². The van der Waals surface area contributed by atoms with Crippen molar-refractivity contribution in [1.29, 1.82) is 0 Å². The van der Waals surface area contributed by atoms with Crippen LogP contribution < -0.4 is 20.1 Å². The normalized spacial score (nSPS) is 23.1. The Morgan fingerprint density at radius 2 is 1.98 bits per heavy atom. The standard InChI is InChI=1S/C29H32FN5O4S/c1-17(2)15-39-22-11-18(10-21(30)12-22)24-9-8-23(28(36)34-40(37,38)26-5-3-4-25(31)33-26)27(32-24)35-14-20-7-6-19-13-29(19,20)16-35/h3-5,8-12,17,19-20H,6-7,13-16H2,1-2H3,(H2,31,33)(H,34,36)/t19-,20?,29?/m0/s1. The van der Waals surface area contributed by atoms with Gasteiger partial charge in [0.25, 0.3) is 15.9 Å².